The summed E-state index contributed by atoms with van der Waals surface area (Å²) in [6.07, 6.45) is 0. The first-order valence-corrected chi connectivity index (χ1v) is 6.75. The van der Waals surface area contributed by atoms with E-state index in [1.54, 1.807) is 19.2 Å². The summed E-state index contributed by atoms with van der Waals surface area (Å²) in [5.41, 5.74) is 1.09. The predicted octanol–water partition coefficient (Wildman–Crippen LogP) is 4.13. The molecule has 3 aromatic carbocycles. The predicted molar refractivity (Wildman–Crippen MR) is 82.9 cm³/mol. The number of rotatable bonds is 4. The molecule has 106 valence electrons. The maximum atomic E-state index is 9.99. The molecular formula is C18H16O3. The first-order valence-electron chi connectivity index (χ1n) is 6.75. The molecule has 0 radical (unpaired) electrons. The molecule has 0 aromatic heterocycles. The van der Waals surface area contributed by atoms with E-state index in [9.17, 15) is 5.11 Å². The summed E-state index contributed by atoms with van der Waals surface area (Å²) in [5.74, 6) is 1.60. The van der Waals surface area contributed by atoms with E-state index in [-0.39, 0.29) is 5.75 Å². The number of phenolic OH excluding ortho intramolecular Hbond substituents is 1. The van der Waals surface area contributed by atoms with Gasteiger partial charge in [0.2, 0.25) is 0 Å². The monoisotopic (exact) mass is 280 g/mol. The van der Waals surface area contributed by atoms with Gasteiger partial charge < -0.3 is 14.6 Å². The lowest BCUT2D eigenvalue weighted by Gasteiger charge is -2.13. The number of hydrogen-bond acceptors (Lipinski definition) is 3. The van der Waals surface area contributed by atoms with Crippen molar-refractivity contribution in [2.75, 3.05) is 7.11 Å². The van der Waals surface area contributed by atoms with Crippen LogP contribution in [0.3, 0.4) is 0 Å². The lowest BCUT2D eigenvalue weighted by Crippen LogP contribution is -1.96. The van der Waals surface area contributed by atoms with Crippen LogP contribution in [0, 0.1) is 0 Å². The third-order valence-corrected chi connectivity index (χ3v) is 3.40. The molecule has 0 aliphatic carbocycles. The SMILES string of the molecule is COc1ccc(O)c2cccc(OCc3ccccc3)c12. The molecule has 3 rings (SSSR count). The highest BCUT2D eigenvalue weighted by Crippen LogP contribution is 2.38. The Morgan fingerprint density at radius 2 is 1.67 bits per heavy atom. The second-order valence-electron chi connectivity index (χ2n) is 4.74. The fourth-order valence-electron chi connectivity index (χ4n) is 2.35. The number of fused-ring (bicyclic) bond motifs is 1. The molecule has 0 aliphatic heterocycles. The van der Waals surface area contributed by atoms with Gasteiger partial charge in [-0.2, -0.15) is 0 Å². The van der Waals surface area contributed by atoms with Crippen LogP contribution in [-0.2, 0) is 6.61 Å². The van der Waals surface area contributed by atoms with Crippen molar-refractivity contribution >= 4 is 10.8 Å². The van der Waals surface area contributed by atoms with Crippen molar-refractivity contribution in [3.05, 3.63) is 66.2 Å². The van der Waals surface area contributed by atoms with Gasteiger partial charge in [0.25, 0.3) is 0 Å². The van der Waals surface area contributed by atoms with Gasteiger partial charge in [0.15, 0.2) is 0 Å². The van der Waals surface area contributed by atoms with Crippen molar-refractivity contribution in [2.45, 2.75) is 6.61 Å². The number of hydrogen-bond donors (Lipinski definition) is 1. The van der Waals surface area contributed by atoms with E-state index >= 15 is 0 Å². The number of phenols is 1. The molecule has 3 heteroatoms. The van der Waals surface area contributed by atoms with Gasteiger partial charge >= 0.3 is 0 Å². The standard InChI is InChI=1S/C18H16O3/c1-20-16-11-10-15(19)14-8-5-9-17(18(14)16)21-12-13-6-3-2-4-7-13/h2-11,19H,12H2,1H3. The van der Waals surface area contributed by atoms with Crippen molar-refractivity contribution in [1.82, 2.24) is 0 Å². The second-order valence-corrected chi connectivity index (χ2v) is 4.74. The average molecular weight is 280 g/mol. The van der Waals surface area contributed by atoms with E-state index in [0.717, 1.165) is 16.3 Å². The summed E-state index contributed by atoms with van der Waals surface area (Å²) in [5, 5.41) is 11.5. The molecule has 0 atom stereocenters. The van der Waals surface area contributed by atoms with E-state index in [4.69, 9.17) is 9.47 Å². The molecule has 0 heterocycles. The minimum absolute atomic E-state index is 0.218. The Morgan fingerprint density at radius 3 is 2.43 bits per heavy atom. The molecule has 1 N–H and O–H groups in total. The van der Waals surface area contributed by atoms with Crippen molar-refractivity contribution in [3.8, 4) is 17.2 Å². The van der Waals surface area contributed by atoms with Crippen LogP contribution in [-0.4, -0.2) is 12.2 Å². The van der Waals surface area contributed by atoms with Gasteiger partial charge in [0, 0.05) is 5.39 Å². The average Bonchev–Trinajstić information content (AvgIpc) is 2.54. The Morgan fingerprint density at radius 1 is 0.857 bits per heavy atom. The maximum Gasteiger partial charge on any atom is 0.131 e. The maximum absolute atomic E-state index is 9.99. The van der Waals surface area contributed by atoms with Crippen LogP contribution < -0.4 is 9.47 Å². The number of ether oxygens (including phenoxy) is 2. The van der Waals surface area contributed by atoms with Crippen LogP contribution in [0.1, 0.15) is 5.56 Å². The summed E-state index contributed by atoms with van der Waals surface area (Å²) < 4.78 is 11.3. The largest absolute Gasteiger partial charge is 0.507 e. The van der Waals surface area contributed by atoms with Crippen molar-refractivity contribution in [3.63, 3.8) is 0 Å². The van der Waals surface area contributed by atoms with Gasteiger partial charge in [-0.25, -0.2) is 0 Å². The molecule has 0 amide bonds. The van der Waals surface area contributed by atoms with Crippen molar-refractivity contribution < 1.29 is 14.6 Å². The molecule has 0 spiro atoms. The molecule has 3 aromatic rings. The highest BCUT2D eigenvalue weighted by Gasteiger charge is 2.11. The summed E-state index contributed by atoms with van der Waals surface area (Å²) >= 11 is 0. The molecule has 0 aliphatic rings. The Kier molecular flexibility index (Phi) is 3.65. The smallest absolute Gasteiger partial charge is 0.131 e. The number of methoxy groups -OCH3 is 1. The van der Waals surface area contributed by atoms with Gasteiger partial charge in [-0.1, -0.05) is 42.5 Å². The molecule has 0 saturated heterocycles. The second kappa shape index (κ2) is 5.75. The van der Waals surface area contributed by atoms with Crippen LogP contribution in [0.25, 0.3) is 10.8 Å². The Bertz CT molecular complexity index is 751. The van der Waals surface area contributed by atoms with Crippen LogP contribution in [0.2, 0.25) is 0 Å². The number of aromatic hydroxyl groups is 1. The van der Waals surface area contributed by atoms with Gasteiger partial charge in [0.05, 0.1) is 12.5 Å². The Hall–Kier alpha value is -2.68. The minimum Gasteiger partial charge on any atom is -0.507 e. The van der Waals surface area contributed by atoms with E-state index in [1.165, 1.54) is 0 Å². The molecule has 3 nitrogen and oxygen atoms in total. The summed E-state index contributed by atoms with van der Waals surface area (Å²) in [6, 6.07) is 18.9. The quantitative estimate of drug-likeness (QED) is 0.781. The van der Waals surface area contributed by atoms with Crippen LogP contribution in [0.15, 0.2) is 60.7 Å². The Balaban J connectivity index is 2.00. The zero-order valence-corrected chi connectivity index (χ0v) is 11.7. The summed E-state index contributed by atoms with van der Waals surface area (Å²) in [6.45, 7) is 0.471. The van der Waals surface area contributed by atoms with Crippen molar-refractivity contribution in [2.24, 2.45) is 0 Å². The van der Waals surface area contributed by atoms with Crippen LogP contribution >= 0.6 is 0 Å². The minimum atomic E-state index is 0.218. The van der Waals surface area contributed by atoms with Gasteiger partial charge in [-0.15, -0.1) is 0 Å². The molecule has 0 unspecified atom stereocenters. The lowest BCUT2D eigenvalue weighted by atomic mass is 10.1. The first-order chi connectivity index (χ1) is 10.3. The Labute approximate surface area is 123 Å². The van der Waals surface area contributed by atoms with Crippen LogP contribution in [0.5, 0.6) is 17.2 Å². The highest BCUT2D eigenvalue weighted by molar-refractivity contribution is 5.97. The molecule has 21 heavy (non-hydrogen) atoms. The number of benzene rings is 3. The molecule has 0 saturated carbocycles. The molecule has 0 fully saturated rings. The van der Waals surface area contributed by atoms with E-state index in [0.29, 0.717) is 18.1 Å². The van der Waals surface area contributed by atoms with E-state index < -0.39 is 0 Å². The fourth-order valence-corrected chi connectivity index (χ4v) is 2.35. The van der Waals surface area contributed by atoms with Crippen molar-refractivity contribution in [1.29, 1.82) is 0 Å². The fraction of sp³-hybridized carbons (Fsp3) is 0.111. The summed E-state index contributed by atoms with van der Waals surface area (Å²) in [7, 11) is 1.61. The van der Waals surface area contributed by atoms with Crippen LogP contribution in [0.4, 0.5) is 0 Å². The van der Waals surface area contributed by atoms with E-state index in [2.05, 4.69) is 0 Å². The van der Waals surface area contributed by atoms with Gasteiger partial charge in [-0.05, 0) is 23.8 Å². The zero-order chi connectivity index (χ0) is 14.7. The van der Waals surface area contributed by atoms with Gasteiger partial charge in [-0.3, -0.25) is 0 Å². The zero-order valence-electron chi connectivity index (χ0n) is 11.7. The summed E-state index contributed by atoms with van der Waals surface area (Å²) in [4.78, 5) is 0. The van der Waals surface area contributed by atoms with Gasteiger partial charge in [0.1, 0.15) is 23.9 Å². The highest BCUT2D eigenvalue weighted by atomic mass is 16.5. The molecule has 0 bridgehead atoms. The normalized spacial score (nSPS) is 10.5. The first kappa shape index (κ1) is 13.3. The van der Waals surface area contributed by atoms with E-state index in [1.807, 2.05) is 48.5 Å². The molecular weight excluding hydrogens is 264 g/mol. The third kappa shape index (κ3) is 2.63. The topological polar surface area (TPSA) is 38.7 Å². The third-order valence-electron chi connectivity index (χ3n) is 3.40. The lowest BCUT2D eigenvalue weighted by molar-refractivity contribution is 0.308.